The van der Waals surface area contributed by atoms with E-state index in [1.165, 1.54) is 44.1 Å². The molecule has 8 atom stereocenters. The number of allylic oxidation sites excluding steroid dienone is 6. The Balaban J connectivity index is 1.51. The van der Waals surface area contributed by atoms with Crippen molar-refractivity contribution in [2.75, 3.05) is 0 Å². The Bertz CT molecular complexity index is 832. The Morgan fingerprint density at radius 3 is 2.42 bits per heavy atom. The zero-order valence-electron chi connectivity index (χ0n) is 22.3. The maximum absolute atomic E-state index is 11.5. The van der Waals surface area contributed by atoms with Gasteiger partial charge in [-0.05, 0) is 105 Å². The second-order valence-electron chi connectivity index (χ2n) is 12.6. The van der Waals surface area contributed by atoms with Crippen molar-refractivity contribution in [3.05, 3.63) is 35.5 Å². The van der Waals surface area contributed by atoms with Crippen LogP contribution in [0.25, 0.3) is 0 Å². The van der Waals surface area contributed by atoms with Crippen molar-refractivity contribution in [2.24, 2.45) is 46.3 Å². The molecule has 0 aromatic carbocycles. The van der Waals surface area contributed by atoms with Crippen molar-refractivity contribution in [3.63, 3.8) is 0 Å². The van der Waals surface area contributed by atoms with E-state index in [1.54, 1.807) is 6.92 Å². The zero-order chi connectivity index (χ0) is 24.0. The molecule has 0 spiro atoms. The number of fused-ring (bicyclic) bond motifs is 5. The van der Waals surface area contributed by atoms with Gasteiger partial charge in [0.05, 0.1) is 0 Å². The van der Waals surface area contributed by atoms with Crippen LogP contribution in [0, 0.1) is 46.3 Å². The van der Waals surface area contributed by atoms with Gasteiger partial charge in [0.25, 0.3) is 0 Å². The maximum Gasteiger partial charge on any atom is 0.302 e. The summed E-state index contributed by atoms with van der Waals surface area (Å²) in [4.78, 5) is 11.5. The van der Waals surface area contributed by atoms with Gasteiger partial charge in [0, 0.05) is 6.92 Å². The van der Waals surface area contributed by atoms with Gasteiger partial charge in [0.2, 0.25) is 0 Å². The summed E-state index contributed by atoms with van der Waals surface area (Å²) in [6.45, 7) is 16.0. The highest BCUT2D eigenvalue weighted by Gasteiger charge is 2.58. The van der Waals surface area contributed by atoms with Gasteiger partial charge in [-0.2, -0.15) is 0 Å². The standard InChI is InChI=1S/C31H48O2/c1-8-23(20(2)3)10-9-21(4)27-13-14-28-26-12-11-24-19-25(33-22(5)32)15-17-30(24,6)29(26)16-18-31(27,28)7/h8-10,12,20-21,24-25,27-29H,11,13-19H2,1-7H3/b10-9+,23-8+/t21-,24+,25+,27-,28+,29+,30+,31-/m1/s1. The Morgan fingerprint density at radius 2 is 1.76 bits per heavy atom. The van der Waals surface area contributed by atoms with E-state index >= 15 is 0 Å². The molecule has 0 saturated heterocycles. The highest BCUT2D eigenvalue weighted by molar-refractivity contribution is 5.66. The number of hydrogen-bond acceptors (Lipinski definition) is 2. The van der Waals surface area contributed by atoms with Crippen LogP contribution >= 0.6 is 0 Å². The number of esters is 1. The van der Waals surface area contributed by atoms with Crippen LogP contribution in [-0.4, -0.2) is 12.1 Å². The van der Waals surface area contributed by atoms with Crippen molar-refractivity contribution in [1.29, 1.82) is 0 Å². The summed E-state index contributed by atoms with van der Waals surface area (Å²) in [5, 5.41) is 0. The quantitative estimate of drug-likeness (QED) is 0.238. The Hall–Kier alpha value is -1.31. The minimum Gasteiger partial charge on any atom is -0.463 e. The van der Waals surface area contributed by atoms with Crippen molar-refractivity contribution in [1.82, 2.24) is 0 Å². The molecule has 4 aliphatic rings. The molecule has 0 aliphatic heterocycles. The maximum atomic E-state index is 11.5. The molecular formula is C31H48O2. The topological polar surface area (TPSA) is 26.3 Å². The first-order chi connectivity index (χ1) is 15.6. The van der Waals surface area contributed by atoms with Gasteiger partial charge in [-0.3, -0.25) is 4.79 Å². The van der Waals surface area contributed by atoms with Gasteiger partial charge < -0.3 is 4.74 Å². The van der Waals surface area contributed by atoms with Crippen LogP contribution in [0.15, 0.2) is 35.5 Å². The van der Waals surface area contributed by atoms with E-state index in [1.807, 2.05) is 5.57 Å². The lowest BCUT2D eigenvalue weighted by Gasteiger charge is -2.57. The van der Waals surface area contributed by atoms with Crippen LogP contribution in [0.3, 0.4) is 0 Å². The van der Waals surface area contributed by atoms with Crippen LogP contribution < -0.4 is 0 Å². The number of rotatable bonds is 5. The minimum absolute atomic E-state index is 0.112. The molecule has 33 heavy (non-hydrogen) atoms. The third-order valence-electron chi connectivity index (χ3n) is 10.7. The molecule has 3 fully saturated rings. The van der Waals surface area contributed by atoms with Crippen LogP contribution in [-0.2, 0) is 9.53 Å². The van der Waals surface area contributed by atoms with Gasteiger partial charge in [-0.1, -0.05) is 70.1 Å². The Labute approximate surface area is 203 Å². The number of carbonyl (C=O) groups is 1. The molecule has 0 bridgehead atoms. The fourth-order valence-corrected chi connectivity index (χ4v) is 8.74. The van der Waals surface area contributed by atoms with E-state index in [-0.39, 0.29) is 12.1 Å². The lowest BCUT2D eigenvalue weighted by molar-refractivity contribution is -0.152. The zero-order valence-corrected chi connectivity index (χ0v) is 22.3. The predicted molar refractivity (Wildman–Crippen MR) is 138 cm³/mol. The van der Waals surface area contributed by atoms with Crippen LogP contribution in [0.2, 0.25) is 0 Å². The molecule has 4 aliphatic carbocycles. The molecule has 4 rings (SSSR count). The summed E-state index contributed by atoms with van der Waals surface area (Å²) in [6.07, 6.45) is 20.0. The lowest BCUT2D eigenvalue weighted by atomic mass is 9.47. The highest BCUT2D eigenvalue weighted by atomic mass is 16.5. The highest BCUT2D eigenvalue weighted by Crippen LogP contribution is 2.66. The van der Waals surface area contributed by atoms with Gasteiger partial charge in [-0.25, -0.2) is 0 Å². The number of carbonyl (C=O) groups excluding carboxylic acids is 1. The molecule has 0 aromatic heterocycles. The van der Waals surface area contributed by atoms with E-state index in [0.29, 0.717) is 28.6 Å². The molecule has 0 unspecified atom stereocenters. The van der Waals surface area contributed by atoms with Crippen LogP contribution in [0.1, 0.15) is 99.8 Å². The molecule has 184 valence electrons. The monoisotopic (exact) mass is 452 g/mol. The molecule has 0 radical (unpaired) electrons. The molecular weight excluding hydrogens is 404 g/mol. The minimum atomic E-state index is -0.112. The summed E-state index contributed by atoms with van der Waals surface area (Å²) >= 11 is 0. The summed E-state index contributed by atoms with van der Waals surface area (Å²) in [5.41, 5.74) is 4.12. The average molecular weight is 453 g/mol. The van der Waals surface area contributed by atoms with E-state index in [0.717, 1.165) is 30.6 Å². The second-order valence-corrected chi connectivity index (χ2v) is 12.6. The lowest BCUT2D eigenvalue weighted by Crippen LogP contribution is -2.50. The van der Waals surface area contributed by atoms with Crippen LogP contribution in [0.5, 0.6) is 0 Å². The summed E-state index contributed by atoms with van der Waals surface area (Å²) < 4.78 is 5.64. The van der Waals surface area contributed by atoms with Crippen molar-refractivity contribution in [3.8, 4) is 0 Å². The first-order valence-corrected chi connectivity index (χ1v) is 13.8. The van der Waals surface area contributed by atoms with Gasteiger partial charge in [0.1, 0.15) is 6.10 Å². The summed E-state index contributed by atoms with van der Waals surface area (Å²) in [5.74, 6) is 4.09. The Kier molecular flexibility index (Phi) is 7.05. The van der Waals surface area contributed by atoms with Gasteiger partial charge in [-0.15, -0.1) is 0 Å². The average Bonchev–Trinajstić information content (AvgIpc) is 3.11. The van der Waals surface area contributed by atoms with Crippen molar-refractivity contribution in [2.45, 2.75) is 106 Å². The molecule has 0 aromatic rings. The summed E-state index contributed by atoms with van der Waals surface area (Å²) in [7, 11) is 0. The van der Waals surface area contributed by atoms with E-state index in [4.69, 9.17) is 4.74 Å². The largest absolute Gasteiger partial charge is 0.463 e. The molecule has 0 amide bonds. The first kappa shape index (κ1) is 24.8. The smallest absolute Gasteiger partial charge is 0.302 e. The first-order valence-electron chi connectivity index (χ1n) is 13.8. The van der Waals surface area contributed by atoms with Gasteiger partial charge >= 0.3 is 5.97 Å². The van der Waals surface area contributed by atoms with Gasteiger partial charge in [0.15, 0.2) is 0 Å². The third-order valence-corrected chi connectivity index (χ3v) is 10.7. The van der Waals surface area contributed by atoms with E-state index < -0.39 is 0 Å². The number of ether oxygens (including phenoxy) is 1. The molecule has 0 heterocycles. The molecule has 0 N–H and O–H groups in total. The third kappa shape index (κ3) is 4.41. The fraction of sp³-hybridized carbons (Fsp3) is 0.774. The molecule has 2 nitrogen and oxygen atoms in total. The normalized spacial score (nSPS) is 41.9. The Morgan fingerprint density at radius 1 is 1.06 bits per heavy atom. The number of hydrogen-bond donors (Lipinski definition) is 0. The van der Waals surface area contributed by atoms with Crippen LogP contribution in [0.4, 0.5) is 0 Å². The predicted octanol–water partition coefficient (Wildman–Crippen LogP) is 8.29. The summed E-state index contributed by atoms with van der Waals surface area (Å²) in [6, 6.07) is 0. The molecule has 3 saturated carbocycles. The van der Waals surface area contributed by atoms with Crippen molar-refractivity contribution < 1.29 is 9.53 Å². The SMILES string of the molecule is C/C=C(\C=C\[C@@H](C)[C@H]1CC[C@H]2C3=CC[C@H]4C[C@@H](OC(C)=O)CC[C@]4(C)[C@H]3CC[C@]12C)C(C)C. The van der Waals surface area contributed by atoms with E-state index in [9.17, 15) is 4.79 Å². The second kappa shape index (κ2) is 9.38. The van der Waals surface area contributed by atoms with Crippen molar-refractivity contribution >= 4 is 5.97 Å². The molecule has 2 heteroatoms. The fourth-order valence-electron chi connectivity index (χ4n) is 8.74. The van der Waals surface area contributed by atoms with E-state index in [2.05, 4.69) is 65.8 Å².